The van der Waals surface area contributed by atoms with E-state index in [9.17, 15) is 44.1 Å². The molecule has 3 N–H and O–H groups in total. The van der Waals surface area contributed by atoms with E-state index in [4.69, 9.17) is 0 Å². The summed E-state index contributed by atoms with van der Waals surface area (Å²) in [7, 11) is 0. The van der Waals surface area contributed by atoms with Gasteiger partial charge < -0.3 is 15.3 Å². The van der Waals surface area contributed by atoms with Crippen molar-refractivity contribution >= 4 is 46.3 Å². The molecule has 9 nitrogen and oxygen atoms in total. The normalized spacial score (nSPS) is 34.6. The molecular formula is C34H34O9. The van der Waals surface area contributed by atoms with Gasteiger partial charge >= 0.3 is 0 Å². The van der Waals surface area contributed by atoms with E-state index in [1.54, 1.807) is 50.3 Å². The first-order chi connectivity index (χ1) is 20.0. The molecule has 0 spiro atoms. The fourth-order valence-corrected chi connectivity index (χ4v) is 8.13. The maximum Gasteiger partial charge on any atom is 0.191 e. The summed E-state index contributed by atoms with van der Waals surface area (Å²) in [4.78, 5) is 81.2. The summed E-state index contributed by atoms with van der Waals surface area (Å²) in [6.07, 6.45) is -0.244. The third-order valence-electron chi connectivity index (χ3n) is 10.1. The number of carbonyl (C=O) groups excluding carboxylic acids is 6. The van der Waals surface area contributed by atoms with Crippen molar-refractivity contribution in [3.63, 3.8) is 0 Å². The van der Waals surface area contributed by atoms with Crippen LogP contribution in [-0.4, -0.2) is 61.7 Å². The van der Waals surface area contributed by atoms with Crippen LogP contribution in [0.3, 0.4) is 0 Å². The predicted molar refractivity (Wildman–Crippen MR) is 155 cm³/mol. The number of aliphatic hydroxyl groups excluding tert-OH is 1. The molecule has 2 saturated carbocycles. The molecule has 0 saturated heterocycles. The lowest BCUT2D eigenvalue weighted by Gasteiger charge is -2.64. The smallest absolute Gasteiger partial charge is 0.191 e. The summed E-state index contributed by atoms with van der Waals surface area (Å²) in [6, 6.07) is 10.9. The van der Waals surface area contributed by atoms with Crippen molar-refractivity contribution in [2.45, 2.75) is 53.2 Å². The number of rotatable bonds is 4. The number of benzene rings is 2. The number of aromatic hydroxyl groups is 1. The molecule has 43 heavy (non-hydrogen) atoms. The molecule has 0 aliphatic heterocycles. The minimum absolute atomic E-state index is 0.203. The first-order valence-corrected chi connectivity index (χ1v) is 14.2. The van der Waals surface area contributed by atoms with Crippen LogP contribution in [0, 0.1) is 34.5 Å². The molecule has 9 heteroatoms. The summed E-state index contributed by atoms with van der Waals surface area (Å²) < 4.78 is 0. The van der Waals surface area contributed by atoms with Crippen LogP contribution in [0.15, 0.2) is 42.5 Å². The molecular weight excluding hydrogens is 552 g/mol. The summed E-state index contributed by atoms with van der Waals surface area (Å²) in [5.74, 6) is -11.5. The number of aliphatic hydroxyl groups is 2. The predicted octanol–water partition coefficient (Wildman–Crippen LogP) is 3.26. The molecule has 5 rings (SSSR count). The molecule has 2 aromatic rings. The zero-order valence-electron chi connectivity index (χ0n) is 24.8. The Balaban J connectivity index is 1.89. The van der Waals surface area contributed by atoms with Gasteiger partial charge in [-0.2, -0.15) is 0 Å². The number of Topliss-reactive ketones (excluding diaryl/α,β-unsaturated/α-hetero) is 6. The fraction of sp³-hybridized carbons (Fsp3) is 0.412. The molecule has 7 atom stereocenters. The summed E-state index contributed by atoms with van der Waals surface area (Å²) in [6.45, 7) is 8.46. The lowest BCUT2D eigenvalue weighted by atomic mass is 9.38. The number of hydrogen-bond acceptors (Lipinski definition) is 9. The van der Waals surface area contributed by atoms with Crippen molar-refractivity contribution in [3.05, 3.63) is 64.7 Å². The zero-order chi connectivity index (χ0) is 32.0. The molecule has 3 unspecified atom stereocenters. The molecule has 224 valence electrons. The second-order valence-electron chi connectivity index (χ2n) is 12.8. The first kappa shape index (κ1) is 30.4. The third-order valence-corrected chi connectivity index (χ3v) is 10.1. The third kappa shape index (κ3) is 3.70. The molecule has 0 heterocycles. The van der Waals surface area contributed by atoms with E-state index < -0.39 is 80.9 Å². The lowest BCUT2D eigenvalue weighted by Crippen LogP contribution is -2.81. The van der Waals surface area contributed by atoms with Crippen LogP contribution in [0.25, 0.3) is 11.6 Å². The number of phenolic OH excluding ortho intramolecular Hbond substituents is 1. The average Bonchev–Trinajstić information content (AvgIpc) is 2.92. The lowest BCUT2D eigenvalue weighted by molar-refractivity contribution is -0.230. The Kier molecular flexibility index (Phi) is 6.87. The van der Waals surface area contributed by atoms with Gasteiger partial charge in [0.2, 0.25) is 0 Å². The van der Waals surface area contributed by atoms with Gasteiger partial charge in [0.1, 0.15) is 17.5 Å². The van der Waals surface area contributed by atoms with E-state index in [1.807, 2.05) is 0 Å². The minimum Gasteiger partial charge on any atom is -0.507 e. The highest BCUT2D eigenvalue weighted by molar-refractivity contribution is 6.34. The van der Waals surface area contributed by atoms with Gasteiger partial charge in [0.15, 0.2) is 34.5 Å². The number of ketones is 6. The van der Waals surface area contributed by atoms with E-state index in [0.717, 1.165) is 6.92 Å². The molecule has 3 aliphatic carbocycles. The van der Waals surface area contributed by atoms with Gasteiger partial charge in [0.25, 0.3) is 0 Å². The van der Waals surface area contributed by atoms with E-state index >= 15 is 0 Å². The Morgan fingerprint density at radius 3 is 2.16 bits per heavy atom. The average molecular weight is 587 g/mol. The number of phenols is 1. The molecule has 2 aromatic carbocycles. The molecule has 3 aliphatic rings. The van der Waals surface area contributed by atoms with Crippen LogP contribution in [0.5, 0.6) is 5.75 Å². The van der Waals surface area contributed by atoms with E-state index in [1.165, 1.54) is 32.9 Å². The van der Waals surface area contributed by atoms with Crippen LogP contribution in [0.1, 0.15) is 73.4 Å². The van der Waals surface area contributed by atoms with Crippen LogP contribution < -0.4 is 0 Å². The Morgan fingerprint density at radius 2 is 1.58 bits per heavy atom. The van der Waals surface area contributed by atoms with Crippen molar-refractivity contribution in [2.75, 3.05) is 0 Å². The first-order valence-electron chi connectivity index (χ1n) is 14.2. The summed E-state index contributed by atoms with van der Waals surface area (Å²) >= 11 is 0. The second-order valence-corrected chi connectivity index (χ2v) is 12.8. The van der Waals surface area contributed by atoms with Crippen molar-refractivity contribution in [2.24, 2.45) is 34.5 Å². The minimum atomic E-state index is -3.06. The summed E-state index contributed by atoms with van der Waals surface area (Å²) in [5, 5.41) is 35.5. The Bertz CT molecular complexity index is 1680. The summed E-state index contributed by atoms with van der Waals surface area (Å²) in [5.41, 5.74) is -5.92. The van der Waals surface area contributed by atoms with Gasteiger partial charge in [-0.15, -0.1) is 0 Å². The fourth-order valence-electron chi connectivity index (χ4n) is 8.13. The van der Waals surface area contributed by atoms with Gasteiger partial charge in [-0.25, -0.2) is 0 Å². The molecule has 0 aromatic heterocycles. The Labute approximate surface area is 248 Å². The van der Waals surface area contributed by atoms with Crippen molar-refractivity contribution in [3.8, 4) is 5.75 Å². The van der Waals surface area contributed by atoms with E-state index in [2.05, 4.69) is 0 Å². The monoisotopic (exact) mass is 586 g/mol. The topological polar surface area (TPSA) is 163 Å². The van der Waals surface area contributed by atoms with Crippen LogP contribution in [0.4, 0.5) is 0 Å². The van der Waals surface area contributed by atoms with Gasteiger partial charge in [-0.3, -0.25) is 28.8 Å². The zero-order valence-corrected chi connectivity index (χ0v) is 24.8. The molecule has 0 radical (unpaired) electrons. The van der Waals surface area contributed by atoms with Gasteiger partial charge in [0.05, 0.1) is 17.6 Å². The van der Waals surface area contributed by atoms with Crippen LogP contribution in [-0.2, 0) is 19.2 Å². The largest absolute Gasteiger partial charge is 0.507 e. The second kappa shape index (κ2) is 9.72. The SMILES string of the molecule is CC(=O)c1cccc(/C=C2\c3cccc(O)c3C(=O)C3C(=O)[C@@]4(O)C(=O)C(C(C)=O)C(=O)C(C(C)C)[C@@]4(C)[C@H](O)[C@@]23C)c1. The maximum absolute atomic E-state index is 14.6. The quantitative estimate of drug-likeness (QED) is 0.360. The maximum atomic E-state index is 14.6. The van der Waals surface area contributed by atoms with E-state index in [-0.39, 0.29) is 22.5 Å². The molecule has 0 amide bonds. The van der Waals surface area contributed by atoms with Gasteiger partial charge in [0, 0.05) is 22.3 Å². The van der Waals surface area contributed by atoms with Crippen LogP contribution in [0.2, 0.25) is 0 Å². The van der Waals surface area contributed by atoms with Crippen molar-refractivity contribution in [1.29, 1.82) is 0 Å². The standard InChI is InChI=1S/C34H34O9/c1-15(2)25-27(38)23(17(4)36)29(40)34(43)30(41)26-28(39)24-20(11-8-12-22(24)37)21(32(26,5)31(42)33(25,34)6)14-18-9-7-10-19(13-18)16(3)35/h7-15,23,25-26,31,37,42-43H,1-6H3/b21-14+/t23?,25?,26?,31-,32+,33+,34+/m1/s1. The molecule has 0 bridgehead atoms. The Morgan fingerprint density at radius 1 is 0.953 bits per heavy atom. The van der Waals surface area contributed by atoms with E-state index in [0.29, 0.717) is 11.1 Å². The molecule has 2 fully saturated rings. The highest BCUT2D eigenvalue weighted by Gasteiger charge is 2.80. The van der Waals surface area contributed by atoms with Crippen LogP contribution >= 0.6 is 0 Å². The number of hydrogen-bond donors (Lipinski definition) is 3. The van der Waals surface area contributed by atoms with Gasteiger partial charge in [-0.1, -0.05) is 64.1 Å². The van der Waals surface area contributed by atoms with Crippen molar-refractivity contribution in [1.82, 2.24) is 0 Å². The Hall–Kier alpha value is -4.08. The highest BCUT2D eigenvalue weighted by atomic mass is 16.3. The van der Waals surface area contributed by atoms with Gasteiger partial charge in [-0.05, 0) is 48.6 Å². The highest BCUT2D eigenvalue weighted by Crippen LogP contribution is 2.66. The number of carbonyl (C=O) groups is 6. The number of fused-ring (bicyclic) bond motifs is 3. The van der Waals surface area contributed by atoms with Crippen molar-refractivity contribution < 1.29 is 44.1 Å².